The van der Waals surface area contributed by atoms with E-state index in [4.69, 9.17) is 21.1 Å². The number of hydrogen-bond acceptors (Lipinski definition) is 5. The zero-order valence-electron chi connectivity index (χ0n) is 15.3. The Morgan fingerprint density at radius 3 is 2.33 bits per heavy atom. The van der Waals surface area contributed by atoms with Crippen LogP contribution in [-0.4, -0.2) is 35.2 Å². The molecule has 0 bridgehead atoms. The van der Waals surface area contributed by atoms with E-state index in [-0.39, 0.29) is 22.3 Å². The van der Waals surface area contributed by atoms with Gasteiger partial charge in [-0.15, -0.1) is 0 Å². The van der Waals surface area contributed by atoms with E-state index in [1.54, 1.807) is 0 Å². The molecule has 156 valence electrons. The van der Waals surface area contributed by atoms with Gasteiger partial charge in [0, 0.05) is 18.2 Å². The maximum Gasteiger partial charge on any atom is 0.263 e. The number of nitrogens with zero attached hydrogens (tertiary/aromatic N) is 1. The fourth-order valence-electron chi connectivity index (χ4n) is 2.37. The van der Waals surface area contributed by atoms with E-state index in [1.165, 1.54) is 24.4 Å². The number of rotatable bonds is 8. The molecule has 0 saturated heterocycles. The van der Waals surface area contributed by atoms with E-state index in [0.29, 0.717) is 10.9 Å². The van der Waals surface area contributed by atoms with Crippen molar-refractivity contribution in [2.24, 2.45) is 0 Å². The minimum atomic E-state index is -0.683. The number of carbonyl (C=O) groups excluding carboxylic acids is 2. The average molecular weight is 437 g/mol. The highest BCUT2D eigenvalue weighted by Gasteiger charge is 2.11. The van der Waals surface area contributed by atoms with Gasteiger partial charge in [0.15, 0.2) is 13.2 Å². The topological polar surface area (TPSA) is 105 Å². The van der Waals surface area contributed by atoms with Gasteiger partial charge in [0.25, 0.3) is 11.8 Å². The third-order valence-corrected chi connectivity index (χ3v) is 4.00. The van der Waals surface area contributed by atoms with E-state index < -0.39 is 36.7 Å². The lowest BCUT2D eigenvalue weighted by molar-refractivity contribution is -0.123. The van der Waals surface area contributed by atoms with Crippen LogP contribution >= 0.6 is 11.6 Å². The molecule has 0 saturated carbocycles. The van der Waals surface area contributed by atoms with Gasteiger partial charge in [-0.25, -0.2) is 8.78 Å². The summed E-state index contributed by atoms with van der Waals surface area (Å²) in [6.45, 7) is 2.59. The summed E-state index contributed by atoms with van der Waals surface area (Å²) in [6.07, 6.45) is 1.33. The fourth-order valence-corrected chi connectivity index (χ4v) is 2.49. The number of amides is 2. The molecule has 11 heteroatoms. The predicted molar refractivity (Wildman–Crippen MR) is 104 cm³/mol. The zero-order valence-corrected chi connectivity index (χ0v) is 16.1. The smallest absolute Gasteiger partial charge is 0.263 e. The molecule has 0 aliphatic rings. The quantitative estimate of drug-likeness (QED) is 0.503. The van der Waals surface area contributed by atoms with Crippen LogP contribution in [-0.2, 0) is 9.59 Å². The molecule has 0 unspecified atom stereocenters. The van der Waals surface area contributed by atoms with Crippen molar-refractivity contribution in [3.8, 4) is 11.5 Å². The predicted octanol–water partition coefficient (Wildman–Crippen LogP) is 2.66. The Bertz CT molecular complexity index is 1120. The number of nitrogens with one attached hydrogen (secondary N) is 3. The van der Waals surface area contributed by atoms with Crippen molar-refractivity contribution in [2.75, 3.05) is 13.2 Å². The van der Waals surface area contributed by atoms with Crippen molar-refractivity contribution in [3.63, 3.8) is 0 Å². The summed E-state index contributed by atoms with van der Waals surface area (Å²) in [7, 11) is 0. The van der Waals surface area contributed by atoms with Crippen molar-refractivity contribution in [2.45, 2.75) is 0 Å². The molecule has 0 aliphatic heterocycles. The molecule has 0 atom stereocenters. The van der Waals surface area contributed by atoms with Gasteiger partial charge in [-0.3, -0.25) is 14.7 Å². The van der Waals surface area contributed by atoms with Crippen LogP contribution in [0, 0.1) is 11.6 Å². The Kier molecular flexibility index (Phi) is 6.48. The van der Waals surface area contributed by atoms with Crippen molar-refractivity contribution < 1.29 is 27.8 Å². The van der Waals surface area contributed by atoms with Gasteiger partial charge in [-0.05, 0) is 12.1 Å². The maximum absolute atomic E-state index is 13.9. The molecule has 3 rings (SSSR count). The number of hydrogen-bond donors (Lipinski definition) is 3. The van der Waals surface area contributed by atoms with Crippen LogP contribution in [0.2, 0.25) is 5.02 Å². The number of aromatic amines is 1. The molecule has 0 radical (unpaired) electrons. The first kappa shape index (κ1) is 21.1. The summed E-state index contributed by atoms with van der Waals surface area (Å²) < 4.78 is 37.5. The molecule has 1 aromatic heterocycles. The second-order valence-corrected chi connectivity index (χ2v) is 6.37. The highest BCUT2D eigenvalue weighted by Crippen LogP contribution is 2.22. The highest BCUT2D eigenvalue weighted by molar-refractivity contribution is 6.30. The van der Waals surface area contributed by atoms with Crippen LogP contribution < -0.4 is 20.1 Å². The van der Waals surface area contributed by atoms with E-state index in [9.17, 15) is 18.4 Å². The van der Waals surface area contributed by atoms with Gasteiger partial charge in [0.1, 0.15) is 29.0 Å². The van der Waals surface area contributed by atoms with Gasteiger partial charge >= 0.3 is 0 Å². The Hall–Kier alpha value is -3.66. The van der Waals surface area contributed by atoms with Gasteiger partial charge in [-0.1, -0.05) is 18.2 Å². The SMILES string of the molecule is C=C(NC(=O)COc1ccc(Cl)c(F)c1)NC(=O)COc1cc(F)c2cn[nH]c2c1. The molecule has 1 heterocycles. The average Bonchev–Trinajstić information content (AvgIpc) is 3.16. The lowest BCUT2D eigenvalue weighted by Crippen LogP contribution is -2.38. The first-order valence-electron chi connectivity index (χ1n) is 8.43. The number of H-pyrrole nitrogens is 1. The summed E-state index contributed by atoms with van der Waals surface area (Å²) in [4.78, 5) is 23.7. The van der Waals surface area contributed by atoms with Gasteiger partial charge in [-0.2, -0.15) is 5.10 Å². The number of aromatic nitrogens is 2. The second kappa shape index (κ2) is 9.23. The van der Waals surface area contributed by atoms with Crippen molar-refractivity contribution in [1.29, 1.82) is 0 Å². The molecule has 30 heavy (non-hydrogen) atoms. The van der Waals surface area contributed by atoms with E-state index in [1.807, 2.05) is 0 Å². The van der Waals surface area contributed by atoms with E-state index >= 15 is 0 Å². The molecule has 2 amide bonds. The minimum absolute atomic E-state index is 0.0719. The Morgan fingerprint density at radius 2 is 1.67 bits per heavy atom. The number of ether oxygens (including phenoxy) is 2. The van der Waals surface area contributed by atoms with Crippen LogP contribution in [0.3, 0.4) is 0 Å². The molecule has 0 spiro atoms. The number of halogens is 3. The lowest BCUT2D eigenvalue weighted by Gasteiger charge is -2.12. The molecule has 0 fully saturated rings. The summed E-state index contributed by atoms with van der Waals surface area (Å²) in [5, 5.41) is 11.1. The van der Waals surface area contributed by atoms with Gasteiger partial charge < -0.3 is 20.1 Å². The molecule has 3 N–H and O–H groups in total. The van der Waals surface area contributed by atoms with Crippen LogP contribution in [0.25, 0.3) is 10.9 Å². The third kappa shape index (κ3) is 5.45. The van der Waals surface area contributed by atoms with Crippen LogP contribution in [0.15, 0.2) is 48.9 Å². The van der Waals surface area contributed by atoms with Crippen molar-refractivity contribution >= 4 is 34.3 Å². The monoisotopic (exact) mass is 436 g/mol. The molecule has 8 nitrogen and oxygen atoms in total. The largest absolute Gasteiger partial charge is 0.484 e. The van der Waals surface area contributed by atoms with Crippen LogP contribution in [0.5, 0.6) is 11.5 Å². The fraction of sp³-hybridized carbons (Fsp3) is 0.105. The molecular weight excluding hydrogens is 422 g/mol. The number of benzene rings is 2. The van der Waals surface area contributed by atoms with Crippen molar-refractivity contribution in [3.05, 3.63) is 65.6 Å². The van der Waals surface area contributed by atoms with E-state index in [2.05, 4.69) is 27.4 Å². The standard InChI is InChI=1S/C19H15ClF2N4O4/c1-10(24-18(27)8-29-11-2-3-14(20)16(22)4-11)25-19(28)9-30-12-5-15(21)13-7-23-26-17(13)6-12/h2-7H,1,8-9H2,(H,23,26)(H,24,27)(H,25,28). The number of carbonyl (C=O) groups is 2. The maximum atomic E-state index is 13.9. The number of fused-ring (bicyclic) bond motifs is 1. The second-order valence-electron chi connectivity index (χ2n) is 5.96. The lowest BCUT2D eigenvalue weighted by atomic mass is 10.2. The molecule has 2 aromatic carbocycles. The van der Waals surface area contributed by atoms with Crippen molar-refractivity contribution in [1.82, 2.24) is 20.8 Å². The van der Waals surface area contributed by atoms with Crippen LogP contribution in [0.1, 0.15) is 0 Å². The minimum Gasteiger partial charge on any atom is -0.484 e. The van der Waals surface area contributed by atoms with Gasteiger partial charge in [0.2, 0.25) is 0 Å². The molecule has 3 aromatic rings. The normalized spacial score (nSPS) is 10.5. The summed E-state index contributed by atoms with van der Waals surface area (Å²) in [5.41, 5.74) is 0.419. The third-order valence-electron chi connectivity index (χ3n) is 3.69. The highest BCUT2D eigenvalue weighted by atomic mass is 35.5. The van der Waals surface area contributed by atoms with Crippen LogP contribution in [0.4, 0.5) is 8.78 Å². The Balaban J connectivity index is 1.42. The molecule has 0 aliphatic carbocycles. The Labute approximate surface area is 173 Å². The zero-order chi connectivity index (χ0) is 21.7. The molecular formula is C19H15ClF2N4O4. The van der Waals surface area contributed by atoms with E-state index in [0.717, 1.165) is 12.1 Å². The summed E-state index contributed by atoms with van der Waals surface area (Å²) >= 11 is 5.56. The summed E-state index contributed by atoms with van der Waals surface area (Å²) in [6, 6.07) is 6.34. The Morgan fingerprint density at radius 1 is 1.03 bits per heavy atom. The first-order chi connectivity index (χ1) is 14.3. The summed E-state index contributed by atoms with van der Waals surface area (Å²) in [5.74, 6) is -2.38. The first-order valence-corrected chi connectivity index (χ1v) is 8.81. The van der Waals surface area contributed by atoms with Gasteiger partial charge in [0.05, 0.1) is 22.1 Å².